The fraction of sp³-hybridized carbons (Fsp3) is 0.714. The van der Waals surface area contributed by atoms with Gasteiger partial charge in [0, 0.05) is 20.1 Å². The lowest BCUT2D eigenvalue weighted by molar-refractivity contribution is -0.150. The van der Waals surface area contributed by atoms with Gasteiger partial charge in [0.2, 0.25) is 11.7 Å². The number of nitrogens with zero attached hydrogens (tertiary/aromatic N) is 2. The molecule has 0 bridgehead atoms. The lowest BCUT2D eigenvalue weighted by atomic mass is 10.1. The summed E-state index contributed by atoms with van der Waals surface area (Å²) >= 11 is 0. The molecule has 1 amide bonds. The third-order valence-corrected chi connectivity index (χ3v) is 2.88. The van der Waals surface area contributed by atoms with Crippen molar-refractivity contribution in [3.05, 3.63) is 5.53 Å². The predicted molar refractivity (Wildman–Crippen MR) is 79.8 cm³/mol. The summed E-state index contributed by atoms with van der Waals surface area (Å²) in [5.41, 5.74) is 8.28. The van der Waals surface area contributed by atoms with Crippen molar-refractivity contribution in [1.29, 1.82) is 0 Å². The standard InChI is InChI=1S/C14H23N3O6/c1-4-22-7-8-23-14(20)12(6-5-11(18)9-16-15)17-13(19)10(2)21-3/h9-10,12H,4-8H2,1-3H3,(H,17,19)/t10-,12+/m1/s1. The SMILES string of the molecule is CCOCCOC(=O)[C@H](CCC(=O)C=[N+]=[N-])NC(=O)[C@@H](C)OC. The number of methoxy groups -OCH3 is 1. The minimum Gasteiger partial charge on any atom is -0.462 e. The van der Waals surface area contributed by atoms with Crippen molar-refractivity contribution >= 4 is 23.9 Å². The number of carbonyl (C=O) groups excluding carboxylic acids is 3. The second kappa shape index (κ2) is 12.5. The van der Waals surface area contributed by atoms with Gasteiger partial charge in [-0.25, -0.2) is 4.79 Å². The van der Waals surface area contributed by atoms with Crippen LogP contribution in [0.2, 0.25) is 0 Å². The summed E-state index contributed by atoms with van der Waals surface area (Å²) in [7, 11) is 1.36. The summed E-state index contributed by atoms with van der Waals surface area (Å²) in [6.07, 6.45) is -0.0856. The van der Waals surface area contributed by atoms with Gasteiger partial charge >= 0.3 is 12.2 Å². The molecule has 0 saturated carbocycles. The van der Waals surface area contributed by atoms with Gasteiger partial charge in [0.25, 0.3) is 0 Å². The van der Waals surface area contributed by atoms with Gasteiger partial charge in [0.15, 0.2) is 0 Å². The Labute approximate surface area is 134 Å². The first kappa shape index (κ1) is 20.9. The number of Topliss-reactive ketones (excluding diaryl/α,β-unsaturated/α-hetero) is 1. The van der Waals surface area contributed by atoms with E-state index in [4.69, 9.17) is 19.7 Å². The number of carbonyl (C=O) groups is 3. The molecule has 9 nitrogen and oxygen atoms in total. The molecule has 130 valence electrons. The Morgan fingerprint density at radius 1 is 1.30 bits per heavy atom. The third kappa shape index (κ3) is 9.51. The number of ketones is 1. The number of hydrogen-bond acceptors (Lipinski definition) is 6. The first-order chi connectivity index (χ1) is 11.0. The highest BCUT2D eigenvalue weighted by Gasteiger charge is 2.25. The minimum atomic E-state index is -1.00. The van der Waals surface area contributed by atoms with Crippen LogP contribution in [0.4, 0.5) is 0 Å². The lowest BCUT2D eigenvalue weighted by Crippen LogP contribution is -2.46. The Kier molecular flexibility index (Phi) is 11.3. The number of amides is 1. The molecule has 0 aromatic heterocycles. The summed E-state index contributed by atoms with van der Waals surface area (Å²) in [4.78, 5) is 37.8. The van der Waals surface area contributed by atoms with E-state index in [-0.39, 0.29) is 26.1 Å². The zero-order chi connectivity index (χ0) is 17.7. The van der Waals surface area contributed by atoms with E-state index in [0.29, 0.717) is 6.61 Å². The molecule has 0 rings (SSSR count). The van der Waals surface area contributed by atoms with Gasteiger partial charge < -0.3 is 25.1 Å². The van der Waals surface area contributed by atoms with Crippen LogP contribution in [0.5, 0.6) is 0 Å². The van der Waals surface area contributed by atoms with Crippen molar-refractivity contribution in [2.24, 2.45) is 0 Å². The molecular formula is C14H23N3O6. The van der Waals surface area contributed by atoms with E-state index < -0.39 is 29.8 Å². The second-order valence-corrected chi connectivity index (χ2v) is 4.55. The van der Waals surface area contributed by atoms with Gasteiger partial charge in [0.1, 0.15) is 18.8 Å². The molecule has 0 aromatic carbocycles. The summed E-state index contributed by atoms with van der Waals surface area (Å²) < 4.78 is 14.9. The largest absolute Gasteiger partial charge is 0.462 e. The van der Waals surface area contributed by atoms with Crippen LogP contribution in [0.25, 0.3) is 5.53 Å². The molecule has 0 unspecified atom stereocenters. The van der Waals surface area contributed by atoms with Crippen molar-refractivity contribution in [2.75, 3.05) is 26.9 Å². The quantitative estimate of drug-likeness (QED) is 0.173. The summed E-state index contributed by atoms with van der Waals surface area (Å²) in [5, 5.41) is 2.47. The van der Waals surface area contributed by atoms with E-state index in [0.717, 1.165) is 6.21 Å². The van der Waals surface area contributed by atoms with Crippen molar-refractivity contribution in [3.63, 3.8) is 0 Å². The second-order valence-electron chi connectivity index (χ2n) is 4.55. The van der Waals surface area contributed by atoms with Gasteiger partial charge in [-0.1, -0.05) is 0 Å². The van der Waals surface area contributed by atoms with Crippen LogP contribution in [0, 0.1) is 0 Å². The van der Waals surface area contributed by atoms with Crippen molar-refractivity contribution in [1.82, 2.24) is 5.32 Å². The topological polar surface area (TPSA) is 127 Å². The van der Waals surface area contributed by atoms with E-state index in [9.17, 15) is 14.4 Å². The summed E-state index contributed by atoms with van der Waals surface area (Å²) in [5.74, 6) is -1.65. The number of hydrogen-bond donors (Lipinski definition) is 1. The van der Waals surface area contributed by atoms with Crippen molar-refractivity contribution < 1.29 is 33.4 Å². The molecule has 0 fully saturated rings. The van der Waals surface area contributed by atoms with Crippen LogP contribution in [0.3, 0.4) is 0 Å². The smallest absolute Gasteiger partial charge is 0.328 e. The minimum absolute atomic E-state index is 0.0144. The fourth-order valence-corrected chi connectivity index (χ4v) is 1.51. The van der Waals surface area contributed by atoms with Crippen LogP contribution in [-0.4, -0.2) is 67.7 Å². The van der Waals surface area contributed by atoms with Crippen molar-refractivity contribution in [2.45, 2.75) is 38.8 Å². The highest BCUT2D eigenvalue weighted by atomic mass is 16.6. The fourth-order valence-electron chi connectivity index (χ4n) is 1.51. The number of rotatable bonds is 12. The first-order valence-corrected chi connectivity index (χ1v) is 7.24. The number of esters is 1. The Hall–Kier alpha value is -2.09. The van der Waals surface area contributed by atoms with Gasteiger partial charge in [-0.05, 0) is 20.3 Å². The molecule has 0 aliphatic carbocycles. The third-order valence-electron chi connectivity index (χ3n) is 2.88. The molecule has 0 aromatic rings. The molecule has 1 N–H and O–H groups in total. The molecule has 0 aliphatic rings. The lowest BCUT2D eigenvalue weighted by Gasteiger charge is -2.19. The van der Waals surface area contributed by atoms with Gasteiger partial charge in [-0.3, -0.25) is 9.59 Å². The number of nitrogens with one attached hydrogen (secondary N) is 1. The van der Waals surface area contributed by atoms with E-state index in [1.54, 1.807) is 0 Å². The predicted octanol–water partition coefficient (Wildman–Crippen LogP) is -0.264. The maximum atomic E-state index is 12.0. The van der Waals surface area contributed by atoms with Gasteiger partial charge in [-0.15, -0.1) is 0 Å². The molecule has 0 saturated heterocycles. The van der Waals surface area contributed by atoms with E-state index in [1.165, 1.54) is 14.0 Å². The van der Waals surface area contributed by atoms with Crippen LogP contribution < -0.4 is 5.32 Å². The molecule has 9 heteroatoms. The Morgan fingerprint density at radius 3 is 2.57 bits per heavy atom. The monoisotopic (exact) mass is 329 g/mol. The maximum absolute atomic E-state index is 12.0. The van der Waals surface area contributed by atoms with Crippen molar-refractivity contribution in [3.8, 4) is 0 Å². The van der Waals surface area contributed by atoms with Crippen LogP contribution in [-0.2, 0) is 28.6 Å². The highest BCUT2D eigenvalue weighted by Crippen LogP contribution is 2.03. The zero-order valence-electron chi connectivity index (χ0n) is 13.6. The summed E-state index contributed by atoms with van der Waals surface area (Å²) in [6.45, 7) is 4.12. The Balaban J connectivity index is 4.63. The van der Waals surface area contributed by atoms with E-state index in [2.05, 4.69) is 10.1 Å². The molecular weight excluding hydrogens is 306 g/mol. The highest BCUT2D eigenvalue weighted by molar-refractivity contribution is 6.25. The molecule has 2 atom stereocenters. The molecule has 0 aliphatic heterocycles. The summed E-state index contributed by atoms with van der Waals surface area (Å²) in [6, 6.07) is -1.00. The normalized spacial score (nSPS) is 12.7. The van der Waals surface area contributed by atoms with Crippen LogP contribution in [0.1, 0.15) is 26.7 Å². The molecule has 0 heterocycles. The molecule has 23 heavy (non-hydrogen) atoms. The van der Waals surface area contributed by atoms with Gasteiger partial charge in [-0.2, -0.15) is 4.79 Å². The Bertz CT molecular complexity index is 448. The van der Waals surface area contributed by atoms with E-state index in [1.807, 2.05) is 6.92 Å². The zero-order valence-corrected chi connectivity index (χ0v) is 13.6. The van der Waals surface area contributed by atoms with E-state index >= 15 is 0 Å². The molecule has 0 radical (unpaired) electrons. The average molecular weight is 329 g/mol. The average Bonchev–Trinajstić information content (AvgIpc) is 2.54. The van der Waals surface area contributed by atoms with Gasteiger partial charge in [0.05, 0.1) is 6.61 Å². The van der Waals surface area contributed by atoms with Crippen LogP contribution in [0.15, 0.2) is 0 Å². The van der Waals surface area contributed by atoms with Crippen LogP contribution >= 0.6 is 0 Å². The Morgan fingerprint density at radius 2 is 2.00 bits per heavy atom. The first-order valence-electron chi connectivity index (χ1n) is 7.24. The maximum Gasteiger partial charge on any atom is 0.328 e. The molecule has 0 spiro atoms. The number of ether oxygens (including phenoxy) is 3.